The van der Waals surface area contributed by atoms with Crippen molar-refractivity contribution in [2.24, 2.45) is 18.4 Å². The summed E-state index contributed by atoms with van der Waals surface area (Å²) in [5, 5.41) is 8.42. The van der Waals surface area contributed by atoms with Gasteiger partial charge in [0.05, 0.1) is 16.8 Å². The summed E-state index contributed by atoms with van der Waals surface area (Å²) in [5.74, 6) is 1.27. The molecule has 4 aromatic rings. The summed E-state index contributed by atoms with van der Waals surface area (Å²) in [6.45, 7) is 2.25. The fourth-order valence-corrected chi connectivity index (χ4v) is 6.36. The normalized spacial score (nSPS) is 20.0. The number of fused-ring (bicyclic) bond motifs is 1. The maximum atomic E-state index is 14.2. The van der Waals surface area contributed by atoms with E-state index in [0.29, 0.717) is 29.1 Å². The van der Waals surface area contributed by atoms with Crippen molar-refractivity contribution in [2.45, 2.75) is 50.7 Å². The lowest BCUT2D eigenvalue weighted by Crippen LogP contribution is -2.47. The largest absolute Gasteiger partial charge is 0.418 e. The van der Waals surface area contributed by atoms with Crippen LogP contribution in [-0.4, -0.2) is 41.7 Å². The van der Waals surface area contributed by atoms with Gasteiger partial charge >= 0.3 is 11.9 Å². The van der Waals surface area contributed by atoms with Gasteiger partial charge in [-0.15, -0.1) is 10.2 Å². The molecule has 0 radical (unpaired) electrons. The summed E-state index contributed by atoms with van der Waals surface area (Å²) >= 11 is 0. The highest BCUT2D eigenvalue weighted by atomic mass is 19.4. The second-order valence-electron chi connectivity index (χ2n) is 11.5. The van der Waals surface area contributed by atoms with Gasteiger partial charge in [0, 0.05) is 45.0 Å². The van der Waals surface area contributed by atoms with Crippen LogP contribution in [0.1, 0.15) is 60.5 Å². The number of nitrogens with zero attached hydrogens (tertiary/aromatic N) is 6. The number of pyridine rings is 1. The quantitative estimate of drug-likeness (QED) is 0.366. The molecule has 7 nitrogen and oxygen atoms in total. The minimum absolute atomic E-state index is 0.00700. The summed E-state index contributed by atoms with van der Waals surface area (Å²) in [6.07, 6.45) is 5.71. The highest BCUT2D eigenvalue weighted by Gasteiger charge is 2.52. The average Bonchev–Trinajstić information content (AvgIpc) is 3.41. The van der Waals surface area contributed by atoms with Gasteiger partial charge in [0.15, 0.2) is 0 Å². The van der Waals surface area contributed by atoms with Crippen LogP contribution in [0.15, 0.2) is 53.8 Å². The van der Waals surface area contributed by atoms with Crippen molar-refractivity contribution in [1.82, 2.24) is 28.6 Å². The van der Waals surface area contributed by atoms with Gasteiger partial charge in [-0.2, -0.15) is 13.2 Å². The monoisotopic (exact) mass is 522 g/mol. The van der Waals surface area contributed by atoms with Crippen LogP contribution in [0.4, 0.5) is 13.2 Å². The molecule has 0 bridgehead atoms. The van der Waals surface area contributed by atoms with Gasteiger partial charge in [0.2, 0.25) is 0 Å². The summed E-state index contributed by atoms with van der Waals surface area (Å²) in [4.78, 5) is 15.7. The van der Waals surface area contributed by atoms with E-state index in [-0.39, 0.29) is 11.4 Å². The predicted molar refractivity (Wildman–Crippen MR) is 135 cm³/mol. The van der Waals surface area contributed by atoms with E-state index in [4.69, 9.17) is 0 Å². The molecule has 1 saturated heterocycles. The molecule has 0 unspecified atom stereocenters. The molecular formula is C28H29F3N6O. The van der Waals surface area contributed by atoms with Gasteiger partial charge in [0.1, 0.15) is 12.2 Å². The molecule has 1 aliphatic heterocycles. The summed E-state index contributed by atoms with van der Waals surface area (Å²) in [6, 6.07) is 8.73. The van der Waals surface area contributed by atoms with Crippen molar-refractivity contribution < 1.29 is 13.2 Å². The van der Waals surface area contributed by atoms with E-state index in [9.17, 15) is 18.0 Å². The predicted octanol–water partition coefficient (Wildman–Crippen LogP) is 4.77. The summed E-state index contributed by atoms with van der Waals surface area (Å²) < 4.78 is 46.9. The van der Waals surface area contributed by atoms with Gasteiger partial charge in [-0.3, -0.25) is 13.9 Å². The van der Waals surface area contributed by atoms with Crippen LogP contribution >= 0.6 is 0 Å². The SMILES string of the molecule is Cn1cnnc1[C@H](c1cccc(-n2cc3c(C(F)(F)F)cc(CN4CC5(CC5)C4)cn3c2=O)c1)C1CCC1. The molecule has 3 aromatic heterocycles. The fourth-order valence-electron chi connectivity index (χ4n) is 6.36. The molecule has 0 amide bonds. The van der Waals surface area contributed by atoms with E-state index in [2.05, 4.69) is 15.1 Å². The Kier molecular flexibility index (Phi) is 5.17. The first-order chi connectivity index (χ1) is 18.2. The van der Waals surface area contributed by atoms with Crippen LogP contribution in [0, 0.1) is 11.3 Å². The molecule has 198 valence electrons. The van der Waals surface area contributed by atoms with Crippen LogP contribution in [0.2, 0.25) is 0 Å². The molecule has 0 N–H and O–H groups in total. The highest BCUT2D eigenvalue weighted by molar-refractivity contribution is 5.58. The molecule has 1 atom stereocenters. The lowest BCUT2D eigenvalue weighted by Gasteiger charge is -2.40. The van der Waals surface area contributed by atoms with Crippen molar-refractivity contribution in [2.75, 3.05) is 13.1 Å². The van der Waals surface area contributed by atoms with Gasteiger partial charge in [-0.05, 0) is 66.3 Å². The molecule has 1 aromatic carbocycles. The first kappa shape index (κ1) is 23.7. The minimum Gasteiger partial charge on any atom is -0.320 e. The number of imidazole rings is 1. The number of likely N-dealkylation sites (tertiary alicyclic amines) is 1. The highest BCUT2D eigenvalue weighted by Crippen LogP contribution is 2.53. The first-order valence-corrected chi connectivity index (χ1v) is 13.2. The molecule has 3 fully saturated rings. The maximum Gasteiger partial charge on any atom is 0.418 e. The van der Waals surface area contributed by atoms with Gasteiger partial charge < -0.3 is 4.57 Å². The van der Waals surface area contributed by atoms with E-state index < -0.39 is 17.4 Å². The standard InChI is InChI=1S/C28H29F3N6O/c1-34-17-32-33-25(34)24(19-4-2-5-19)20-6-3-7-21(11-20)36-14-23-22(28(29,30)31)10-18(13-37(23)26(36)38)12-35-15-27(16-35)8-9-27/h3,6-7,10-11,13-14,17,19,24H,2,4-5,8-9,12,15-16H2,1H3/t24-/m0/s1. The lowest BCUT2D eigenvalue weighted by atomic mass is 9.72. The fraction of sp³-hybridized carbons (Fsp3) is 0.464. The van der Waals surface area contributed by atoms with E-state index in [1.807, 2.05) is 29.8 Å². The molecular weight excluding hydrogens is 493 g/mol. The number of aromatic nitrogens is 5. The molecule has 10 heteroatoms. The van der Waals surface area contributed by atoms with Gasteiger partial charge in [-0.1, -0.05) is 18.6 Å². The zero-order chi connectivity index (χ0) is 26.2. The zero-order valence-corrected chi connectivity index (χ0v) is 21.2. The van der Waals surface area contributed by atoms with Crippen LogP contribution in [0.25, 0.3) is 11.2 Å². The topological polar surface area (TPSA) is 60.4 Å². The van der Waals surface area contributed by atoms with Gasteiger partial charge in [0.25, 0.3) is 0 Å². The van der Waals surface area contributed by atoms with E-state index in [0.717, 1.165) is 48.1 Å². The minimum atomic E-state index is -4.57. The zero-order valence-electron chi connectivity index (χ0n) is 21.2. The Bertz CT molecular complexity index is 1580. The second kappa shape index (κ2) is 8.30. The smallest absolute Gasteiger partial charge is 0.320 e. The lowest BCUT2D eigenvalue weighted by molar-refractivity contribution is -0.136. The van der Waals surface area contributed by atoms with Crippen LogP contribution in [0.3, 0.4) is 0 Å². The Morgan fingerprint density at radius 1 is 1.13 bits per heavy atom. The second-order valence-corrected chi connectivity index (χ2v) is 11.5. The Balaban J connectivity index is 1.29. The number of hydrogen-bond acceptors (Lipinski definition) is 4. The molecule has 38 heavy (non-hydrogen) atoms. The number of alkyl halides is 3. The molecule has 2 aliphatic carbocycles. The Morgan fingerprint density at radius 2 is 1.92 bits per heavy atom. The van der Waals surface area contributed by atoms with Crippen LogP contribution in [-0.2, 0) is 19.8 Å². The third kappa shape index (κ3) is 3.88. The molecule has 3 aliphatic rings. The Labute approximate surface area is 217 Å². The van der Waals surface area contributed by atoms with E-state index in [1.165, 1.54) is 29.7 Å². The number of halogens is 3. The molecule has 7 rings (SSSR count). The number of hydrogen-bond donors (Lipinski definition) is 0. The maximum absolute atomic E-state index is 14.2. The third-order valence-corrected chi connectivity index (χ3v) is 8.76. The number of benzene rings is 1. The van der Waals surface area contributed by atoms with Crippen molar-refractivity contribution >= 4 is 5.52 Å². The van der Waals surface area contributed by atoms with Crippen LogP contribution in [0.5, 0.6) is 0 Å². The summed E-state index contributed by atoms with van der Waals surface area (Å²) in [5.41, 5.74) is 0.999. The molecule has 2 saturated carbocycles. The van der Waals surface area contributed by atoms with Crippen molar-refractivity contribution in [1.29, 1.82) is 0 Å². The van der Waals surface area contributed by atoms with E-state index in [1.54, 1.807) is 18.6 Å². The van der Waals surface area contributed by atoms with Gasteiger partial charge in [-0.25, -0.2) is 4.79 Å². The van der Waals surface area contributed by atoms with E-state index >= 15 is 0 Å². The molecule has 4 heterocycles. The summed E-state index contributed by atoms with van der Waals surface area (Å²) in [7, 11) is 1.91. The Hall–Kier alpha value is -3.40. The van der Waals surface area contributed by atoms with Crippen molar-refractivity contribution in [3.05, 3.63) is 82.1 Å². The molecule has 1 spiro atoms. The Morgan fingerprint density at radius 3 is 2.55 bits per heavy atom. The number of aryl methyl sites for hydroxylation is 1. The van der Waals surface area contributed by atoms with Crippen LogP contribution < -0.4 is 5.69 Å². The average molecular weight is 523 g/mol. The van der Waals surface area contributed by atoms with Crippen molar-refractivity contribution in [3.8, 4) is 5.69 Å². The third-order valence-electron chi connectivity index (χ3n) is 8.76. The van der Waals surface area contributed by atoms with Crippen molar-refractivity contribution in [3.63, 3.8) is 0 Å². The number of rotatable bonds is 6. The first-order valence-electron chi connectivity index (χ1n) is 13.2.